The Morgan fingerprint density at radius 3 is 2.36 bits per heavy atom. The minimum atomic E-state index is -4.40. The summed E-state index contributed by atoms with van der Waals surface area (Å²) in [5.74, 6) is 0. The van der Waals surface area contributed by atoms with Crippen molar-refractivity contribution >= 4 is 5.69 Å². The van der Waals surface area contributed by atoms with Crippen molar-refractivity contribution in [2.45, 2.75) is 25.7 Å². The number of hydrogen-bond donors (Lipinski definition) is 0. The van der Waals surface area contributed by atoms with E-state index in [1.54, 1.807) is 6.07 Å². The second kappa shape index (κ2) is 8.26. The molecular formula is C18H19F5N4O. The Morgan fingerprint density at radius 2 is 1.75 bits per heavy atom. The summed E-state index contributed by atoms with van der Waals surface area (Å²) in [7, 11) is 0. The molecule has 1 aliphatic heterocycles. The number of anilines is 1. The molecule has 0 atom stereocenters. The molecule has 0 bridgehead atoms. The number of nitrogens with zero attached hydrogens (tertiary/aromatic N) is 4. The van der Waals surface area contributed by atoms with E-state index in [-0.39, 0.29) is 12.1 Å². The van der Waals surface area contributed by atoms with Crippen molar-refractivity contribution in [2.24, 2.45) is 0 Å². The number of piperazine rings is 1. The van der Waals surface area contributed by atoms with Crippen LogP contribution in [0.4, 0.5) is 27.6 Å². The Hall–Kier alpha value is -2.49. The zero-order chi connectivity index (χ0) is 20.3. The topological polar surface area (TPSA) is 41.4 Å². The van der Waals surface area contributed by atoms with Crippen molar-refractivity contribution in [1.82, 2.24) is 14.7 Å². The first-order valence-electron chi connectivity index (χ1n) is 8.72. The molecular weight excluding hydrogens is 383 g/mol. The Morgan fingerprint density at radius 1 is 1.07 bits per heavy atom. The van der Waals surface area contributed by atoms with Gasteiger partial charge in [0.2, 0.25) is 0 Å². The maximum absolute atomic E-state index is 13.1. The van der Waals surface area contributed by atoms with Crippen LogP contribution in [-0.2, 0) is 19.3 Å². The van der Waals surface area contributed by atoms with Gasteiger partial charge in [0.25, 0.3) is 12.0 Å². The van der Waals surface area contributed by atoms with Gasteiger partial charge >= 0.3 is 6.18 Å². The van der Waals surface area contributed by atoms with E-state index in [4.69, 9.17) is 0 Å². The summed E-state index contributed by atoms with van der Waals surface area (Å²) in [4.78, 5) is 15.7. The summed E-state index contributed by atoms with van der Waals surface area (Å²) in [5, 5.41) is 3.76. The van der Waals surface area contributed by atoms with Gasteiger partial charge in [-0.3, -0.25) is 9.69 Å². The van der Waals surface area contributed by atoms with Gasteiger partial charge in [-0.1, -0.05) is 18.2 Å². The maximum atomic E-state index is 13.1. The highest BCUT2D eigenvalue weighted by molar-refractivity contribution is 5.43. The number of rotatable bonds is 5. The first-order chi connectivity index (χ1) is 13.2. The van der Waals surface area contributed by atoms with Crippen LogP contribution in [-0.4, -0.2) is 47.3 Å². The van der Waals surface area contributed by atoms with Crippen LogP contribution in [0.1, 0.15) is 11.1 Å². The SMILES string of the molecule is O=c1cc(N2CCN(Cc3ccccc3C(F)(F)F)CC2)cnn1CC(F)F. The maximum Gasteiger partial charge on any atom is 0.416 e. The fourth-order valence-electron chi connectivity index (χ4n) is 3.20. The first kappa shape index (κ1) is 20.2. The number of aromatic nitrogens is 2. The van der Waals surface area contributed by atoms with Crippen LogP contribution in [0.2, 0.25) is 0 Å². The van der Waals surface area contributed by atoms with Crippen molar-refractivity contribution in [3.05, 3.63) is 58.0 Å². The highest BCUT2D eigenvalue weighted by atomic mass is 19.4. The summed E-state index contributed by atoms with van der Waals surface area (Å²) >= 11 is 0. The summed E-state index contributed by atoms with van der Waals surface area (Å²) in [6, 6.07) is 6.76. The molecule has 1 aromatic heterocycles. The molecule has 0 radical (unpaired) electrons. The third-order valence-corrected chi connectivity index (χ3v) is 4.62. The molecule has 1 aromatic carbocycles. The molecule has 10 heteroatoms. The zero-order valence-electron chi connectivity index (χ0n) is 14.9. The molecule has 5 nitrogen and oxygen atoms in total. The van der Waals surface area contributed by atoms with Gasteiger partial charge in [-0.05, 0) is 11.6 Å². The molecule has 0 N–H and O–H groups in total. The lowest BCUT2D eigenvalue weighted by atomic mass is 10.1. The van der Waals surface area contributed by atoms with Crippen molar-refractivity contribution in [3.8, 4) is 0 Å². The van der Waals surface area contributed by atoms with Gasteiger partial charge < -0.3 is 4.90 Å². The Bertz CT molecular complexity index is 860. The molecule has 3 rings (SSSR count). The van der Waals surface area contributed by atoms with E-state index < -0.39 is 30.3 Å². The third kappa shape index (κ3) is 4.86. The van der Waals surface area contributed by atoms with Crippen LogP contribution in [0.25, 0.3) is 0 Å². The number of alkyl halides is 5. The predicted molar refractivity (Wildman–Crippen MR) is 93.4 cm³/mol. The number of hydrogen-bond acceptors (Lipinski definition) is 4. The van der Waals surface area contributed by atoms with Crippen molar-refractivity contribution in [2.75, 3.05) is 31.1 Å². The van der Waals surface area contributed by atoms with Gasteiger partial charge in [0.15, 0.2) is 0 Å². The average molecular weight is 402 g/mol. The van der Waals surface area contributed by atoms with E-state index in [0.717, 1.165) is 6.07 Å². The van der Waals surface area contributed by atoms with Gasteiger partial charge in [-0.25, -0.2) is 13.5 Å². The van der Waals surface area contributed by atoms with Gasteiger partial charge in [-0.2, -0.15) is 18.3 Å². The van der Waals surface area contributed by atoms with Crippen LogP contribution in [0, 0.1) is 0 Å². The average Bonchev–Trinajstić information content (AvgIpc) is 2.63. The summed E-state index contributed by atoms with van der Waals surface area (Å²) < 4.78 is 64.9. The van der Waals surface area contributed by atoms with E-state index in [0.29, 0.717) is 36.5 Å². The van der Waals surface area contributed by atoms with Gasteiger partial charge in [0.05, 0.1) is 17.4 Å². The van der Waals surface area contributed by atoms with E-state index in [1.807, 2.05) is 9.80 Å². The van der Waals surface area contributed by atoms with Crippen LogP contribution in [0.3, 0.4) is 0 Å². The Balaban J connectivity index is 1.63. The molecule has 1 aliphatic rings. The predicted octanol–water partition coefficient (Wildman–Crippen LogP) is 2.85. The standard InChI is InChI=1S/C18H19F5N4O/c19-16(20)12-27-17(28)9-14(10-24-27)26-7-5-25(6-8-26)11-13-3-1-2-4-15(13)18(21,22)23/h1-4,9-10,16H,5-8,11-12H2. The van der Waals surface area contributed by atoms with E-state index in [9.17, 15) is 26.7 Å². The van der Waals surface area contributed by atoms with E-state index in [1.165, 1.54) is 24.4 Å². The largest absolute Gasteiger partial charge is 0.416 e. The molecule has 1 saturated heterocycles. The van der Waals surface area contributed by atoms with Crippen LogP contribution < -0.4 is 10.5 Å². The lowest BCUT2D eigenvalue weighted by Crippen LogP contribution is -2.46. The van der Waals surface area contributed by atoms with Crippen LogP contribution in [0.15, 0.2) is 41.3 Å². The van der Waals surface area contributed by atoms with Crippen molar-refractivity contribution in [1.29, 1.82) is 0 Å². The molecule has 0 saturated carbocycles. The fourth-order valence-corrected chi connectivity index (χ4v) is 3.20. The second-order valence-electron chi connectivity index (χ2n) is 6.54. The van der Waals surface area contributed by atoms with E-state index >= 15 is 0 Å². The monoisotopic (exact) mass is 402 g/mol. The van der Waals surface area contributed by atoms with Crippen molar-refractivity contribution in [3.63, 3.8) is 0 Å². The Labute approximate surface area is 158 Å². The molecule has 0 aliphatic carbocycles. The highest BCUT2D eigenvalue weighted by Crippen LogP contribution is 2.32. The normalized spacial score (nSPS) is 16.0. The van der Waals surface area contributed by atoms with Gasteiger partial charge in [-0.15, -0.1) is 0 Å². The fraction of sp³-hybridized carbons (Fsp3) is 0.444. The van der Waals surface area contributed by atoms with Crippen LogP contribution >= 0.6 is 0 Å². The molecule has 152 valence electrons. The number of halogens is 5. The summed E-state index contributed by atoms with van der Waals surface area (Å²) in [5.41, 5.74) is -0.505. The molecule has 0 amide bonds. The van der Waals surface area contributed by atoms with Crippen LogP contribution in [0.5, 0.6) is 0 Å². The quantitative estimate of drug-likeness (QED) is 0.722. The highest BCUT2D eigenvalue weighted by Gasteiger charge is 2.33. The lowest BCUT2D eigenvalue weighted by molar-refractivity contribution is -0.138. The molecule has 0 unspecified atom stereocenters. The minimum Gasteiger partial charge on any atom is -0.368 e. The summed E-state index contributed by atoms with van der Waals surface area (Å²) in [6.07, 6.45) is -5.70. The van der Waals surface area contributed by atoms with Gasteiger partial charge in [0.1, 0.15) is 6.54 Å². The molecule has 0 spiro atoms. The van der Waals surface area contributed by atoms with Gasteiger partial charge in [0, 0.05) is 38.8 Å². The first-order valence-corrected chi connectivity index (χ1v) is 8.72. The summed E-state index contributed by atoms with van der Waals surface area (Å²) in [6.45, 7) is 1.42. The van der Waals surface area contributed by atoms with Crippen molar-refractivity contribution < 1.29 is 22.0 Å². The lowest BCUT2D eigenvalue weighted by Gasteiger charge is -2.36. The minimum absolute atomic E-state index is 0.178. The smallest absolute Gasteiger partial charge is 0.368 e. The molecule has 28 heavy (non-hydrogen) atoms. The number of benzene rings is 1. The second-order valence-corrected chi connectivity index (χ2v) is 6.54. The molecule has 2 heterocycles. The Kier molecular flexibility index (Phi) is 5.97. The van der Waals surface area contributed by atoms with E-state index in [2.05, 4.69) is 5.10 Å². The zero-order valence-corrected chi connectivity index (χ0v) is 14.9. The molecule has 2 aromatic rings. The third-order valence-electron chi connectivity index (χ3n) is 4.62. The molecule has 1 fully saturated rings.